The van der Waals surface area contributed by atoms with Crippen LogP contribution < -0.4 is 0 Å². The van der Waals surface area contributed by atoms with Gasteiger partial charge in [0.2, 0.25) is 0 Å². The van der Waals surface area contributed by atoms with Gasteiger partial charge in [-0.2, -0.15) is 0 Å². The number of carbonyl (C=O) groups excluding carboxylic acids is 1. The standard InChI is InChI=1S/C6H12N2O2/c9-6-5-8(10)7-3-1-2-4-7/h6,10H,1-5H2. The Kier molecular flexibility index (Phi) is 2.80. The molecule has 4 nitrogen and oxygen atoms in total. The van der Waals surface area contributed by atoms with Crippen LogP contribution >= 0.6 is 0 Å². The van der Waals surface area contributed by atoms with Crippen LogP contribution in [0.4, 0.5) is 0 Å². The highest BCUT2D eigenvalue weighted by molar-refractivity contribution is 5.51. The molecule has 0 amide bonds. The Hall–Kier alpha value is -0.450. The van der Waals surface area contributed by atoms with Gasteiger partial charge in [0.05, 0.1) is 6.54 Å². The lowest BCUT2D eigenvalue weighted by molar-refractivity contribution is -0.231. The van der Waals surface area contributed by atoms with Crippen LogP contribution in [0.2, 0.25) is 0 Å². The number of aldehydes is 1. The first-order valence-corrected chi connectivity index (χ1v) is 3.49. The fourth-order valence-electron chi connectivity index (χ4n) is 1.11. The summed E-state index contributed by atoms with van der Waals surface area (Å²) >= 11 is 0. The molecule has 0 aliphatic carbocycles. The summed E-state index contributed by atoms with van der Waals surface area (Å²) in [7, 11) is 0. The minimum Gasteiger partial charge on any atom is -0.302 e. The maximum atomic E-state index is 9.94. The van der Waals surface area contributed by atoms with Crippen LogP contribution in [0.15, 0.2) is 0 Å². The van der Waals surface area contributed by atoms with Crippen LogP contribution in [0, 0.1) is 0 Å². The van der Waals surface area contributed by atoms with E-state index in [0.717, 1.165) is 31.1 Å². The molecule has 1 rings (SSSR count). The average Bonchev–Trinajstić information content (AvgIpc) is 2.38. The van der Waals surface area contributed by atoms with Crippen molar-refractivity contribution in [3.63, 3.8) is 0 Å². The Balaban J connectivity index is 2.24. The van der Waals surface area contributed by atoms with Gasteiger partial charge in [0, 0.05) is 13.1 Å². The van der Waals surface area contributed by atoms with Gasteiger partial charge in [-0.1, -0.05) is 0 Å². The van der Waals surface area contributed by atoms with E-state index in [4.69, 9.17) is 5.21 Å². The molecular weight excluding hydrogens is 132 g/mol. The number of carbonyl (C=O) groups is 1. The molecule has 10 heavy (non-hydrogen) atoms. The Morgan fingerprint density at radius 3 is 2.60 bits per heavy atom. The summed E-state index contributed by atoms with van der Waals surface area (Å²) in [6, 6.07) is 0. The van der Waals surface area contributed by atoms with E-state index < -0.39 is 0 Å². The van der Waals surface area contributed by atoms with Crippen LogP contribution in [0.3, 0.4) is 0 Å². The molecule has 0 saturated carbocycles. The average molecular weight is 144 g/mol. The van der Waals surface area contributed by atoms with Crippen molar-refractivity contribution < 1.29 is 10.0 Å². The molecule has 1 heterocycles. The molecule has 0 bridgehead atoms. The van der Waals surface area contributed by atoms with Crippen molar-refractivity contribution in [1.82, 2.24) is 10.2 Å². The van der Waals surface area contributed by atoms with Crippen LogP contribution in [0.5, 0.6) is 0 Å². The first-order valence-electron chi connectivity index (χ1n) is 3.49. The van der Waals surface area contributed by atoms with Crippen LogP contribution in [0.1, 0.15) is 12.8 Å². The van der Waals surface area contributed by atoms with Crippen LogP contribution in [0.25, 0.3) is 0 Å². The minimum atomic E-state index is 0.0833. The quantitative estimate of drug-likeness (QED) is 0.443. The van der Waals surface area contributed by atoms with Gasteiger partial charge in [-0.3, -0.25) is 5.21 Å². The molecule has 1 aliphatic rings. The number of hydroxylamine groups is 1. The first kappa shape index (κ1) is 7.65. The Labute approximate surface area is 60.0 Å². The van der Waals surface area contributed by atoms with Gasteiger partial charge in [-0.05, 0) is 12.8 Å². The Morgan fingerprint density at radius 2 is 2.10 bits per heavy atom. The van der Waals surface area contributed by atoms with Gasteiger partial charge >= 0.3 is 0 Å². The lowest BCUT2D eigenvalue weighted by atomic mass is 10.4. The maximum Gasteiger partial charge on any atom is 0.137 e. The highest BCUT2D eigenvalue weighted by Crippen LogP contribution is 2.07. The van der Waals surface area contributed by atoms with E-state index in [1.54, 1.807) is 5.01 Å². The fraction of sp³-hybridized carbons (Fsp3) is 0.833. The maximum absolute atomic E-state index is 9.94. The van der Waals surface area contributed by atoms with E-state index in [2.05, 4.69) is 0 Å². The number of hydrogen-bond donors (Lipinski definition) is 1. The van der Waals surface area contributed by atoms with Crippen molar-refractivity contribution in [3.8, 4) is 0 Å². The highest BCUT2D eigenvalue weighted by atomic mass is 16.5. The predicted molar refractivity (Wildman–Crippen MR) is 35.4 cm³/mol. The third-order valence-corrected chi connectivity index (χ3v) is 1.65. The van der Waals surface area contributed by atoms with E-state index >= 15 is 0 Å². The SMILES string of the molecule is O=CCN(O)N1CCCC1. The van der Waals surface area contributed by atoms with Crippen molar-refractivity contribution in [2.45, 2.75) is 12.8 Å². The van der Waals surface area contributed by atoms with E-state index in [1.165, 1.54) is 0 Å². The molecule has 1 N–H and O–H groups in total. The third kappa shape index (κ3) is 1.76. The molecule has 0 atom stereocenters. The molecule has 0 aromatic rings. The lowest BCUT2D eigenvalue weighted by Gasteiger charge is -2.22. The molecule has 58 valence electrons. The molecule has 1 saturated heterocycles. The number of hydrogen-bond acceptors (Lipinski definition) is 4. The van der Waals surface area contributed by atoms with Gasteiger partial charge in [0.15, 0.2) is 0 Å². The molecule has 0 spiro atoms. The molecule has 1 aliphatic heterocycles. The summed E-state index contributed by atoms with van der Waals surface area (Å²) in [4.78, 5) is 9.94. The highest BCUT2D eigenvalue weighted by Gasteiger charge is 2.16. The van der Waals surface area contributed by atoms with E-state index in [-0.39, 0.29) is 6.54 Å². The van der Waals surface area contributed by atoms with Crippen molar-refractivity contribution in [1.29, 1.82) is 0 Å². The topological polar surface area (TPSA) is 43.8 Å². The van der Waals surface area contributed by atoms with Gasteiger partial charge in [0.25, 0.3) is 0 Å². The van der Waals surface area contributed by atoms with E-state index in [9.17, 15) is 4.79 Å². The van der Waals surface area contributed by atoms with Gasteiger partial charge in [0.1, 0.15) is 6.29 Å². The van der Waals surface area contributed by atoms with E-state index in [0.29, 0.717) is 6.29 Å². The summed E-state index contributed by atoms with van der Waals surface area (Å²) in [6.45, 7) is 1.81. The van der Waals surface area contributed by atoms with Gasteiger partial charge < -0.3 is 4.79 Å². The molecule has 0 aromatic carbocycles. The summed E-state index contributed by atoms with van der Waals surface area (Å²) < 4.78 is 0. The number of rotatable bonds is 3. The molecule has 0 unspecified atom stereocenters. The van der Waals surface area contributed by atoms with Crippen molar-refractivity contribution in [2.24, 2.45) is 0 Å². The number of nitrogens with zero attached hydrogens (tertiary/aromatic N) is 2. The number of hydrazine groups is 1. The Morgan fingerprint density at radius 1 is 1.50 bits per heavy atom. The first-order chi connectivity index (χ1) is 4.84. The van der Waals surface area contributed by atoms with Crippen molar-refractivity contribution in [3.05, 3.63) is 0 Å². The second-order valence-electron chi connectivity index (χ2n) is 2.38. The largest absolute Gasteiger partial charge is 0.302 e. The molecule has 0 aromatic heterocycles. The smallest absolute Gasteiger partial charge is 0.137 e. The van der Waals surface area contributed by atoms with Gasteiger partial charge in [-0.15, -0.1) is 5.17 Å². The molecule has 4 heteroatoms. The minimum absolute atomic E-state index is 0.0833. The second kappa shape index (κ2) is 3.65. The molecule has 0 radical (unpaired) electrons. The summed E-state index contributed by atoms with van der Waals surface area (Å²) in [5.74, 6) is 0. The second-order valence-corrected chi connectivity index (χ2v) is 2.38. The Bertz CT molecular complexity index is 112. The van der Waals surface area contributed by atoms with Gasteiger partial charge in [-0.25, -0.2) is 5.01 Å². The predicted octanol–water partition coefficient (Wildman–Crippen LogP) is -0.113. The zero-order chi connectivity index (χ0) is 7.40. The summed E-state index contributed by atoms with van der Waals surface area (Å²) in [5.41, 5.74) is 0. The van der Waals surface area contributed by atoms with Crippen molar-refractivity contribution >= 4 is 6.29 Å². The lowest BCUT2D eigenvalue weighted by Crippen LogP contribution is -2.39. The fourth-order valence-corrected chi connectivity index (χ4v) is 1.11. The van der Waals surface area contributed by atoms with Crippen LogP contribution in [-0.2, 0) is 4.79 Å². The zero-order valence-electron chi connectivity index (χ0n) is 5.86. The monoisotopic (exact) mass is 144 g/mol. The van der Waals surface area contributed by atoms with Crippen LogP contribution in [-0.4, -0.2) is 41.3 Å². The normalized spacial score (nSPS) is 20.2. The van der Waals surface area contributed by atoms with Crippen molar-refractivity contribution in [2.75, 3.05) is 19.6 Å². The van der Waals surface area contributed by atoms with E-state index in [1.807, 2.05) is 0 Å². The molecule has 1 fully saturated rings. The molecular formula is C6H12N2O2. The zero-order valence-corrected chi connectivity index (χ0v) is 5.86. The summed E-state index contributed by atoms with van der Waals surface area (Å²) in [6.07, 6.45) is 2.91. The summed E-state index contributed by atoms with van der Waals surface area (Å²) in [5, 5.41) is 11.8. The third-order valence-electron chi connectivity index (χ3n) is 1.65.